The van der Waals surface area contributed by atoms with E-state index in [0.29, 0.717) is 32.9 Å². The van der Waals surface area contributed by atoms with Gasteiger partial charge >= 0.3 is 0 Å². The van der Waals surface area contributed by atoms with Gasteiger partial charge in [-0.05, 0) is 49.6 Å². The van der Waals surface area contributed by atoms with Gasteiger partial charge in [0.15, 0.2) is 4.84 Å². The maximum Gasteiger partial charge on any atom is 0.256 e. The number of nitrogens with one attached hydrogen (secondary N) is 1. The van der Waals surface area contributed by atoms with E-state index in [1.807, 2.05) is 61.5 Å². The molecule has 0 bridgehead atoms. The first kappa shape index (κ1) is 24.3. The van der Waals surface area contributed by atoms with E-state index in [4.69, 9.17) is 32.7 Å². The third kappa shape index (κ3) is 9.24. The number of hydrogen-bond acceptors (Lipinski definition) is 4. The lowest BCUT2D eigenvalue weighted by atomic mass is 10.2. The number of rotatable bonds is 14. The van der Waals surface area contributed by atoms with Crippen LogP contribution in [-0.4, -0.2) is 48.6 Å². The molecule has 0 aliphatic carbocycles. The molecule has 0 unspecified atom stereocenters. The third-order valence-corrected chi connectivity index (χ3v) is 4.82. The summed E-state index contributed by atoms with van der Waals surface area (Å²) in [5.74, 6) is 0.599. The van der Waals surface area contributed by atoms with Crippen molar-refractivity contribution in [2.24, 2.45) is 0 Å². The number of benzene rings is 2. The molecule has 2 aromatic rings. The number of halogens is 2. The predicted molar refractivity (Wildman–Crippen MR) is 124 cm³/mol. The first-order valence-corrected chi connectivity index (χ1v) is 11.1. The maximum atomic E-state index is 12.2. The second-order valence-electron chi connectivity index (χ2n) is 6.75. The van der Waals surface area contributed by atoms with Crippen molar-refractivity contribution in [3.8, 4) is 5.75 Å². The summed E-state index contributed by atoms with van der Waals surface area (Å²) in [6, 6.07) is 17.9. The summed E-state index contributed by atoms with van der Waals surface area (Å²) < 4.78 is 11.0. The van der Waals surface area contributed by atoms with Crippen molar-refractivity contribution in [2.45, 2.75) is 31.1 Å². The van der Waals surface area contributed by atoms with Gasteiger partial charge in [-0.1, -0.05) is 53.5 Å². The highest BCUT2D eigenvalue weighted by molar-refractivity contribution is 6.53. The zero-order valence-corrected chi connectivity index (χ0v) is 18.9. The van der Waals surface area contributed by atoms with Gasteiger partial charge in [0, 0.05) is 31.9 Å². The lowest BCUT2D eigenvalue weighted by Gasteiger charge is -2.23. The summed E-state index contributed by atoms with van der Waals surface area (Å²) in [4.78, 5) is 12.8. The monoisotopic (exact) mass is 452 g/mol. The second-order valence-corrected chi connectivity index (χ2v) is 7.85. The van der Waals surface area contributed by atoms with Crippen molar-refractivity contribution >= 4 is 34.8 Å². The van der Waals surface area contributed by atoms with Crippen LogP contribution in [0.5, 0.6) is 5.75 Å². The molecule has 2 rings (SSSR count). The van der Waals surface area contributed by atoms with Crippen LogP contribution in [0.15, 0.2) is 54.6 Å². The summed E-state index contributed by atoms with van der Waals surface area (Å²) in [5.41, 5.74) is 2.05. The lowest BCUT2D eigenvalue weighted by molar-refractivity contribution is -0.130. The van der Waals surface area contributed by atoms with E-state index in [2.05, 4.69) is 5.32 Å². The van der Waals surface area contributed by atoms with Crippen LogP contribution in [0.2, 0.25) is 0 Å². The molecule has 1 N–H and O–H groups in total. The van der Waals surface area contributed by atoms with Gasteiger partial charge in [-0.15, -0.1) is 0 Å². The highest BCUT2D eigenvalue weighted by Crippen LogP contribution is 2.15. The van der Waals surface area contributed by atoms with E-state index >= 15 is 0 Å². The van der Waals surface area contributed by atoms with Crippen LogP contribution < -0.4 is 10.1 Å². The largest absolute Gasteiger partial charge is 0.494 e. The average molecular weight is 453 g/mol. The minimum atomic E-state index is -1.07. The number of anilines is 1. The topological polar surface area (TPSA) is 50.8 Å². The minimum absolute atomic E-state index is 0.307. The lowest BCUT2D eigenvalue weighted by Crippen LogP contribution is -2.37. The quantitative estimate of drug-likeness (QED) is 0.319. The van der Waals surface area contributed by atoms with E-state index in [1.165, 1.54) is 0 Å². The Morgan fingerprint density at radius 1 is 1.03 bits per heavy atom. The molecule has 1 amide bonds. The zero-order chi connectivity index (χ0) is 21.6. The number of nitrogens with zero attached hydrogens (tertiary/aromatic N) is 1. The Hall–Kier alpha value is -1.95. The minimum Gasteiger partial charge on any atom is -0.494 e. The Labute approximate surface area is 189 Å². The molecule has 0 atom stereocenters. The smallest absolute Gasteiger partial charge is 0.256 e. The van der Waals surface area contributed by atoms with Gasteiger partial charge in [-0.25, -0.2) is 0 Å². The summed E-state index contributed by atoms with van der Waals surface area (Å²) in [6.07, 6.45) is 2.00. The Bertz CT molecular complexity index is 727. The molecular formula is C23H30Cl2N2O3. The summed E-state index contributed by atoms with van der Waals surface area (Å²) >= 11 is 11.5. The Morgan fingerprint density at radius 3 is 2.43 bits per heavy atom. The van der Waals surface area contributed by atoms with Crippen LogP contribution in [0.25, 0.3) is 0 Å². The fraction of sp³-hybridized carbons (Fsp3) is 0.435. The molecule has 0 aliphatic heterocycles. The summed E-state index contributed by atoms with van der Waals surface area (Å²) in [5, 5.41) is 3.41. The SMILES string of the molecule is CCOCCN(Cc1ccc(NCCCCOc2ccccc2)cc1)C(=O)C(Cl)Cl. The number of ether oxygens (including phenoxy) is 2. The summed E-state index contributed by atoms with van der Waals surface area (Å²) in [7, 11) is 0. The van der Waals surface area contributed by atoms with Gasteiger partial charge in [0.25, 0.3) is 5.91 Å². The molecule has 0 radical (unpaired) electrons. The van der Waals surface area contributed by atoms with Crippen LogP contribution >= 0.6 is 23.2 Å². The van der Waals surface area contributed by atoms with E-state index in [1.54, 1.807) is 4.90 Å². The second kappa shape index (κ2) is 14.1. The van der Waals surface area contributed by atoms with Crippen LogP contribution in [0, 0.1) is 0 Å². The molecule has 30 heavy (non-hydrogen) atoms. The molecule has 0 spiro atoms. The predicted octanol–water partition coefficient (Wildman–Crippen LogP) is 5.13. The molecule has 164 valence electrons. The van der Waals surface area contributed by atoms with E-state index in [0.717, 1.165) is 36.4 Å². The van der Waals surface area contributed by atoms with Gasteiger partial charge in [0.05, 0.1) is 13.2 Å². The van der Waals surface area contributed by atoms with E-state index in [9.17, 15) is 4.79 Å². The molecule has 2 aromatic carbocycles. The first-order chi connectivity index (χ1) is 14.6. The summed E-state index contributed by atoms with van der Waals surface area (Å²) in [6.45, 7) is 5.45. The number of hydrogen-bond donors (Lipinski definition) is 1. The Morgan fingerprint density at radius 2 is 1.77 bits per heavy atom. The van der Waals surface area contributed by atoms with Gasteiger partial charge in [-0.3, -0.25) is 4.79 Å². The van der Waals surface area contributed by atoms with Gasteiger partial charge < -0.3 is 19.7 Å². The molecule has 5 nitrogen and oxygen atoms in total. The Kier molecular flexibility index (Phi) is 11.5. The number of carbonyl (C=O) groups excluding carboxylic acids is 1. The maximum absolute atomic E-state index is 12.2. The van der Waals surface area contributed by atoms with Crippen molar-refractivity contribution < 1.29 is 14.3 Å². The number of unbranched alkanes of at least 4 members (excludes halogenated alkanes) is 1. The van der Waals surface area contributed by atoms with E-state index < -0.39 is 4.84 Å². The Balaban J connectivity index is 1.71. The van der Waals surface area contributed by atoms with Gasteiger partial charge in [0.1, 0.15) is 5.75 Å². The molecule has 0 fully saturated rings. The molecule has 0 saturated heterocycles. The van der Waals surface area contributed by atoms with Crippen LogP contribution in [0.3, 0.4) is 0 Å². The van der Waals surface area contributed by atoms with Crippen LogP contribution in [0.4, 0.5) is 5.69 Å². The molecule has 0 aliphatic rings. The fourth-order valence-corrected chi connectivity index (χ4v) is 3.12. The van der Waals surface area contributed by atoms with E-state index in [-0.39, 0.29) is 5.91 Å². The van der Waals surface area contributed by atoms with Crippen LogP contribution in [0.1, 0.15) is 25.3 Å². The highest BCUT2D eigenvalue weighted by atomic mass is 35.5. The van der Waals surface area contributed by atoms with Gasteiger partial charge in [-0.2, -0.15) is 0 Å². The number of carbonyl (C=O) groups is 1. The van der Waals surface area contributed by atoms with Gasteiger partial charge in [0.2, 0.25) is 0 Å². The zero-order valence-electron chi connectivity index (χ0n) is 17.4. The van der Waals surface area contributed by atoms with Crippen molar-refractivity contribution in [1.82, 2.24) is 4.90 Å². The third-order valence-electron chi connectivity index (χ3n) is 4.45. The molecule has 0 saturated carbocycles. The fourth-order valence-electron chi connectivity index (χ4n) is 2.84. The average Bonchev–Trinajstić information content (AvgIpc) is 2.76. The normalized spacial score (nSPS) is 10.8. The number of alkyl halides is 2. The molecule has 0 aromatic heterocycles. The number of para-hydroxylation sites is 1. The first-order valence-electron chi connectivity index (χ1n) is 10.3. The highest BCUT2D eigenvalue weighted by Gasteiger charge is 2.20. The standard InChI is InChI=1S/C23H30Cl2N2O3/c1-2-29-17-15-27(23(28)22(24)25)18-19-10-12-20(13-11-19)26-14-6-7-16-30-21-8-4-3-5-9-21/h3-5,8-13,22,26H,2,6-7,14-18H2,1H3. The van der Waals surface area contributed by atoms with Crippen molar-refractivity contribution in [3.63, 3.8) is 0 Å². The van der Waals surface area contributed by atoms with Crippen molar-refractivity contribution in [2.75, 3.05) is 38.2 Å². The van der Waals surface area contributed by atoms with Crippen LogP contribution in [-0.2, 0) is 16.1 Å². The van der Waals surface area contributed by atoms with Crippen molar-refractivity contribution in [3.05, 3.63) is 60.2 Å². The molecular weight excluding hydrogens is 423 g/mol. The molecule has 7 heteroatoms. The molecule has 0 heterocycles. The number of amides is 1. The van der Waals surface area contributed by atoms with Crippen molar-refractivity contribution in [1.29, 1.82) is 0 Å².